The van der Waals surface area contributed by atoms with Gasteiger partial charge in [0.1, 0.15) is 12.4 Å². The number of aryl methyl sites for hydroxylation is 1. The zero-order valence-electron chi connectivity index (χ0n) is 19.0. The van der Waals surface area contributed by atoms with Crippen LogP contribution in [0.5, 0.6) is 5.75 Å². The minimum atomic E-state index is -0.486. The summed E-state index contributed by atoms with van der Waals surface area (Å²) in [5, 5.41) is 10.1. The van der Waals surface area contributed by atoms with Crippen molar-refractivity contribution >= 4 is 22.7 Å². The topological polar surface area (TPSA) is 91.8 Å². The number of amides is 2. The molecule has 1 saturated heterocycles. The number of carbonyl (C=O) groups excluding carboxylic acids is 2. The third kappa shape index (κ3) is 4.98. The minimum absolute atomic E-state index is 0.111. The number of fused-ring (bicyclic) bond motifs is 1. The van der Waals surface area contributed by atoms with Gasteiger partial charge in [0.15, 0.2) is 0 Å². The van der Waals surface area contributed by atoms with Crippen molar-refractivity contribution in [1.29, 1.82) is 0 Å². The van der Waals surface area contributed by atoms with Crippen molar-refractivity contribution in [2.24, 2.45) is 5.92 Å². The molecule has 2 N–H and O–H groups in total. The minimum Gasteiger partial charge on any atom is -0.489 e. The number of nitrogens with one attached hydrogen (secondary N) is 1. The second-order valence-corrected chi connectivity index (χ2v) is 8.58. The molecule has 172 valence electrons. The summed E-state index contributed by atoms with van der Waals surface area (Å²) in [6, 6.07) is 16.9. The Morgan fingerprint density at radius 2 is 1.94 bits per heavy atom. The molecule has 1 fully saturated rings. The third-order valence-electron chi connectivity index (χ3n) is 6.34. The van der Waals surface area contributed by atoms with E-state index < -0.39 is 11.8 Å². The van der Waals surface area contributed by atoms with Crippen LogP contribution in [0.4, 0.5) is 0 Å². The van der Waals surface area contributed by atoms with Gasteiger partial charge in [0, 0.05) is 34.8 Å². The summed E-state index contributed by atoms with van der Waals surface area (Å²) >= 11 is 0. The van der Waals surface area contributed by atoms with E-state index in [4.69, 9.17) is 9.94 Å². The highest BCUT2D eigenvalue weighted by Crippen LogP contribution is 2.26. The number of pyridine rings is 1. The van der Waals surface area contributed by atoms with Crippen molar-refractivity contribution in [2.75, 3.05) is 6.54 Å². The maximum atomic E-state index is 13.2. The Morgan fingerprint density at radius 3 is 2.70 bits per heavy atom. The van der Waals surface area contributed by atoms with E-state index in [1.54, 1.807) is 41.6 Å². The first-order valence-electron chi connectivity index (χ1n) is 11.3. The number of hydroxylamine groups is 1. The van der Waals surface area contributed by atoms with Crippen LogP contribution in [0.15, 0.2) is 54.6 Å². The number of hydrogen-bond donors (Lipinski definition) is 2. The summed E-state index contributed by atoms with van der Waals surface area (Å²) in [7, 11) is 0. The van der Waals surface area contributed by atoms with Gasteiger partial charge in [0.05, 0.1) is 11.4 Å². The number of hydrogen-bond acceptors (Lipinski definition) is 5. The molecule has 7 nitrogen and oxygen atoms in total. The Morgan fingerprint density at radius 1 is 1.18 bits per heavy atom. The molecule has 2 heterocycles. The highest BCUT2D eigenvalue weighted by Gasteiger charge is 2.34. The zero-order valence-corrected chi connectivity index (χ0v) is 19.0. The lowest BCUT2D eigenvalue weighted by atomic mass is 9.90. The Balaban J connectivity index is 1.46. The van der Waals surface area contributed by atoms with E-state index in [2.05, 4.69) is 4.98 Å². The summed E-state index contributed by atoms with van der Waals surface area (Å²) in [6.07, 6.45) is 2.59. The van der Waals surface area contributed by atoms with Crippen LogP contribution in [0.25, 0.3) is 10.9 Å². The number of piperidine rings is 1. The van der Waals surface area contributed by atoms with E-state index in [0.717, 1.165) is 41.4 Å². The summed E-state index contributed by atoms with van der Waals surface area (Å²) in [6.45, 7) is 4.71. The Labute approximate surface area is 193 Å². The van der Waals surface area contributed by atoms with Gasteiger partial charge < -0.3 is 9.64 Å². The highest BCUT2D eigenvalue weighted by atomic mass is 16.5. The molecule has 0 aliphatic carbocycles. The molecule has 7 heteroatoms. The van der Waals surface area contributed by atoms with Crippen molar-refractivity contribution in [3.05, 3.63) is 71.4 Å². The monoisotopic (exact) mass is 447 g/mol. The summed E-state index contributed by atoms with van der Waals surface area (Å²) in [4.78, 5) is 31.4. The summed E-state index contributed by atoms with van der Waals surface area (Å²) in [5.74, 6) is -0.393. The SMILES string of the molecule is Cc1cc(COc2ccc(C(=O)N3CCCCC3C(C)C(=O)NO)cc2)c2ccccc2n1. The summed E-state index contributed by atoms with van der Waals surface area (Å²) < 4.78 is 6.01. The molecule has 0 bridgehead atoms. The Kier molecular flexibility index (Phi) is 6.89. The van der Waals surface area contributed by atoms with Gasteiger partial charge in [0.25, 0.3) is 5.91 Å². The summed E-state index contributed by atoms with van der Waals surface area (Å²) in [5.41, 5.74) is 5.21. The number of aromatic nitrogens is 1. The van der Waals surface area contributed by atoms with E-state index in [0.29, 0.717) is 24.5 Å². The fraction of sp³-hybridized carbons (Fsp3) is 0.346. The average molecular weight is 448 g/mol. The van der Waals surface area contributed by atoms with Crippen LogP contribution in [0.1, 0.15) is 47.8 Å². The highest BCUT2D eigenvalue weighted by molar-refractivity contribution is 5.95. The van der Waals surface area contributed by atoms with Gasteiger partial charge in [-0.15, -0.1) is 0 Å². The molecule has 1 aromatic heterocycles. The molecule has 1 aliphatic heterocycles. The molecule has 33 heavy (non-hydrogen) atoms. The average Bonchev–Trinajstić information content (AvgIpc) is 2.86. The number of likely N-dealkylation sites (tertiary alicyclic amines) is 1. The first-order valence-corrected chi connectivity index (χ1v) is 11.3. The molecule has 2 amide bonds. The molecule has 2 aromatic carbocycles. The molecule has 4 rings (SSSR count). The predicted molar refractivity (Wildman–Crippen MR) is 125 cm³/mol. The molecule has 3 aromatic rings. The normalized spacial score (nSPS) is 16.9. The quantitative estimate of drug-likeness (QED) is 0.435. The number of para-hydroxylation sites is 1. The van der Waals surface area contributed by atoms with Gasteiger partial charge in [-0.1, -0.05) is 25.1 Å². The fourth-order valence-corrected chi connectivity index (χ4v) is 4.54. The largest absolute Gasteiger partial charge is 0.489 e. The number of benzene rings is 2. The van der Waals surface area contributed by atoms with Gasteiger partial charge in [-0.05, 0) is 62.6 Å². The first kappa shape index (κ1) is 22.7. The Bertz CT molecular complexity index is 1150. The van der Waals surface area contributed by atoms with Crippen LogP contribution >= 0.6 is 0 Å². The van der Waals surface area contributed by atoms with Crippen LogP contribution in [-0.2, 0) is 11.4 Å². The maximum Gasteiger partial charge on any atom is 0.254 e. The van der Waals surface area contributed by atoms with Crippen molar-refractivity contribution in [3.8, 4) is 5.75 Å². The molecule has 0 spiro atoms. The van der Waals surface area contributed by atoms with Crippen LogP contribution in [0.2, 0.25) is 0 Å². The standard InChI is InChI=1S/C26H29N3O4/c1-17-15-20(22-7-3-4-8-23(22)27-17)16-33-21-12-10-19(11-13-21)26(31)29-14-6-5-9-24(29)18(2)25(30)28-32/h3-4,7-8,10-13,15,18,24,32H,5-6,9,14,16H2,1-2H3,(H,28,30). The zero-order chi connectivity index (χ0) is 23.4. The number of ether oxygens (including phenoxy) is 1. The van der Waals surface area contributed by atoms with Crippen molar-refractivity contribution in [1.82, 2.24) is 15.4 Å². The van der Waals surface area contributed by atoms with Crippen LogP contribution < -0.4 is 10.2 Å². The number of nitrogens with zero attached hydrogens (tertiary/aromatic N) is 2. The molecular formula is C26H29N3O4. The molecule has 0 saturated carbocycles. The molecule has 2 unspecified atom stereocenters. The van der Waals surface area contributed by atoms with E-state index in [1.165, 1.54) is 0 Å². The van der Waals surface area contributed by atoms with E-state index >= 15 is 0 Å². The molecule has 2 atom stereocenters. The van der Waals surface area contributed by atoms with E-state index in [1.807, 2.05) is 37.3 Å². The second-order valence-electron chi connectivity index (χ2n) is 8.58. The predicted octanol–water partition coefficient (Wildman–Crippen LogP) is 4.26. The van der Waals surface area contributed by atoms with Crippen LogP contribution in [0.3, 0.4) is 0 Å². The lowest BCUT2D eigenvalue weighted by Crippen LogP contribution is -2.50. The smallest absolute Gasteiger partial charge is 0.254 e. The Hall–Kier alpha value is -3.45. The fourth-order valence-electron chi connectivity index (χ4n) is 4.54. The van der Waals surface area contributed by atoms with Gasteiger partial charge in [0.2, 0.25) is 5.91 Å². The molecule has 0 radical (unpaired) electrons. The van der Waals surface area contributed by atoms with Gasteiger partial charge >= 0.3 is 0 Å². The number of rotatable bonds is 6. The number of carbonyl (C=O) groups is 2. The van der Waals surface area contributed by atoms with Crippen molar-refractivity contribution in [2.45, 2.75) is 45.8 Å². The van der Waals surface area contributed by atoms with Crippen molar-refractivity contribution < 1.29 is 19.5 Å². The van der Waals surface area contributed by atoms with Crippen molar-refractivity contribution in [3.63, 3.8) is 0 Å². The molecule has 1 aliphatic rings. The second kappa shape index (κ2) is 10.0. The van der Waals surface area contributed by atoms with Gasteiger partial charge in [-0.3, -0.25) is 19.8 Å². The van der Waals surface area contributed by atoms with Gasteiger partial charge in [-0.2, -0.15) is 0 Å². The lowest BCUT2D eigenvalue weighted by molar-refractivity contribution is -0.135. The van der Waals surface area contributed by atoms with Crippen LogP contribution in [0, 0.1) is 12.8 Å². The molecular weight excluding hydrogens is 418 g/mol. The van der Waals surface area contributed by atoms with Crippen LogP contribution in [-0.4, -0.2) is 39.5 Å². The lowest BCUT2D eigenvalue weighted by Gasteiger charge is -2.38. The first-order chi connectivity index (χ1) is 16.0. The maximum absolute atomic E-state index is 13.2. The van der Waals surface area contributed by atoms with Gasteiger partial charge in [-0.25, -0.2) is 5.48 Å². The van der Waals surface area contributed by atoms with E-state index in [9.17, 15) is 9.59 Å². The van der Waals surface area contributed by atoms with E-state index in [-0.39, 0.29) is 11.9 Å². The third-order valence-corrected chi connectivity index (χ3v) is 6.34.